The Kier molecular flexibility index (Phi) is 2.85. The van der Waals surface area contributed by atoms with Crippen molar-refractivity contribution in [2.45, 2.75) is 25.3 Å². The maximum Gasteiger partial charge on any atom is 0.0495 e. The van der Waals surface area contributed by atoms with Crippen molar-refractivity contribution in [3.8, 4) is 0 Å². The Bertz CT molecular complexity index is 540. The first-order valence-electron chi connectivity index (χ1n) is 6.21. The molecular weight excluding hydrogens is 232 g/mol. The van der Waals surface area contributed by atoms with Gasteiger partial charge in [-0.05, 0) is 43.5 Å². The second-order valence-corrected chi connectivity index (χ2v) is 5.34. The molecule has 0 atom stereocenters. The van der Waals surface area contributed by atoms with Crippen LogP contribution < -0.4 is 5.32 Å². The first-order chi connectivity index (χ1) is 8.24. The van der Waals surface area contributed by atoms with Gasteiger partial charge >= 0.3 is 0 Å². The summed E-state index contributed by atoms with van der Waals surface area (Å²) in [5.41, 5.74) is 2.63. The lowest BCUT2D eigenvalue weighted by Gasteiger charge is -2.01. The molecule has 1 heterocycles. The Morgan fingerprint density at radius 1 is 1.41 bits per heavy atom. The fraction of sp³-hybridized carbons (Fsp3) is 0.429. The highest BCUT2D eigenvalue weighted by atomic mass is 35.5. The highest BCUT2D eigenvalue weighted by molar-refractivity contribution is 6.31. The van der Waals surface area contributed by atoms with E-state index >= 15 is 0 Å². The zero-order chi connectivity index (χ0) is 11.8. The van der Waals surface area contributed by atoms with Gasteiger partial charge in [0.15, 0.2) is 0 Å². The van der Waals surface area contributed by atoms with Crippen LogP contribution in [0.3, 0.4) is 0 Å². The van der Waals surface area contributed by atoms with Crippen molar-refractivity contribution in [3.63, 3.8) is 0 Å². The van der Waals surface area contributed by atoms with Crippen molar-refractivity contribution in [2.75, 3.05) is 6.54 Å². The van der Waals surface area contributed by atoms with Crippen LogP contribution in [0.1, 0.15) is 18.4 Å². The first kappa shape index (κ1) is 11.1. The molecular formula is C14H17ClN2. The van der Waals surface area contributed by atoms with E-state index in [1.54, 1.807) is 0 Å². The second kappa shape index (κ2) is 4.35. The normalized spacial score (nSPS) is 15.6. The molecule has 3 heteroatoms. The molecule has 2 nitrogen and oxygen atoms in total. The van der Waals surface area contributed by atoms with E-state index in [0.717, 1.165) is 24.0 Å². The number of rotatable bonds is 4. The zero-order valence-electron chi connectivity index (χ0n) is 10.0. The van der Waals surface area contributed by atoms with Gasteiger partial charge in [0.25, 0.3) is 0 Å². The number of nitrogens with one attached hydrogen (secondary N) is 1. The van der Waals surface area contributed by atoms with Crippen molar-refractivity contribution in [1.29, 1.82) is 0 Å². The fourth-order valence-corrected chi connectivity index (χ4v) is 2.50. The average Bonchev–Trinajstić information content (AvgIpc) is 3.06. The third-order valence-electron chi connectivity index (χ3n) is 3.44. The quantitative estimate of drug-likeness (QED) is 0.880. The molecule has 0 radical (unpaired) electrons. The minimum Gasteiger partial charge on any atom is -0.350 e. The highest BCUT2D eigenvalue weighted by Crippen LogP contribution is 2.24. The topological polar surface area (TPSA) is 17.0 Å². The van der Waals surface area contributed by atoms with E-state index < -0.39 is 0 Å². The van der Waals surface area contributed by atoms with Gasteiger partial charge in [0.2, 0.25) is 0 Å². The SMILES string of the molecule is Cn1cc(CCNC2CC2)c2ccc(Cl)cc21. The monoisotopic (exact) mass is 248 g/mol. The smallest absolute Gasteiger partial charge is 0.0495 e. The van der Waals surface area contributed by atoms with E-state index in [2.05, 4.69) is 29.2 Å². The van der Waals surface area contributed by atoms with E-state index in [0.29, 0.717) is 0 Å². The summed E-state index contributed by atoms with van der Waals surface area (Å²) < 4.78 is 2.16. The van der Waals surface area contributed by atoms with Crippen LogP contribution in [-0.4, -0.2) is 17.2 Å². The Morgan fingerprint density at radius 3 is 3.00 bits per heavy atom. The van der Waals surface area contributed by atoms with E-state index in [1.807, 2.05) is 12.1 Å². The van der Waals surface area contributed by atoms with Gasteiger partial charge in [-0.1, -0.05) is 17.7 Å². The van der Waals surface area contributed by atoms with Crippen LogP contribution in [0.15, 0.2) is 24.4 Å². The van der Waals surface area contributed by atoms with Gasteiger partial charge in [-0.25, -0.2) is 0 Å². The molecule has 1 aliphatic carbocycles. The summed E-state index contributed by atoms with van der Waals surface area (Å²) >= 11 is 6.03. The molecule has 0 unspecified atom stereocenters. The van der Waals surface area contributed by atoms with Crippen molar-refractivity contribution in [1.82, 2.24) is 9.88 Å². The van der Waals surface area contributed by atoms with Gasteiger partial charge in [0, 0.05) is 35.2 Å². The van der Waals surface area contributed by atoms with Gasteiger partial charge in [0.1, 0.15) is 0 Å². The van der Waals surface area contributed by atoms with Crippen molar-refractivity contribution < 1.29 is 0 Å². The molecule has 0 amide bonds. The van der Waals surface area contributed by atoms with Crippen LogP contribution in [0.25, 0.3) is 10.9 Å². The van der Waals surface area contributed by atoms with Crippen molar-refractivity contribution >= 4 is 22.5 Å². The molecule has 1 saturated carbocycles. The molecule has 0 bridgehead atoms. The average molecular weight is 249 g/mol. The van der Waals surface area contributed by atoms with Crippen LogP contribution in [0.5, 0.6) is 0 Å². The number of hydrogen-bond acceptors (Lipinski definition) is 1. The third kappa shape index (κ3) is 2.33. The number of fused-ring (bicyclic) bond motifs is 1. The van der Waals surface area contributed by atoms with Gasteiger partial charge in [-0.15, -0.1) is 0 Å². The van der Waals surface area contributed by atoms with E-state index in [9.17, 15) is 0 Å². The summed E-state index contributed by atoms with van der Waals surface area (Å²) in [4.78, 5) is 0. The molecule has 0 aliphatic heterocycles. The molecule has 0 spiro atoms. The maximum absolute atomic E-state index is 6.03. The highest BCUT2D eigenvalue weighted by Gasteiger charge is 2.19. The van der Waals surface area contributed by atoms with Crippen LogP contribution in [-0.2, 0) is 13.5 Å². The second-order valence-electron chi connectivity index (χ2n) is 4.91. The summed E-state index contributed by atoms with van der Waals surface area (Å²) in [5, 5.41) is 5.69. The minimum absolute atomic E-state index is 0.791. The summed E-state index contributed by atoms with van der Waals surface area (Å²) in [6.07, 6.45) is 6.02. The van der Waals surface area contributed by atoms with Crippen LogP contribution >= 0.6 is 11.6 Å². The molecule has 3 rings (SSSR count). The van der Waals surface area contributed by atoms with Crippen LogP contribution in [0.2, 0.25) is 5.02 Å². The van der Waals surface area contributed by atoms with E-state index in [4.69, 9.17) is 11.6 Å². The molecule has 1 aromatic heterocycles. The molecule has 2 aromatic rings. The molecule has 17 heavy (non-hydrogen) atoms. The maximum atomic E-state index is 6.03. The molecule has 1 aromatic carbocycles. The Labute approximate surface area is 107 Å². The minimum atomic E-state index is 0.791. The van der Waals surface area contributed by atoms with Gasteiger partial charge in [0.05, 0.1) is 0 Å². The number of nitrogens with zero attached hydrogens (tertiary/aromatic N) is 1. The number of halogens is 1. The van der Waals surface area contributed by atoms with Crippen LogP contribution in [0, 0.1) is 0 Å². The Hall–Kier alpha value is -0.990. The molecule has 1 N–H and O–H groups in total. The summed E-state index contributed by atoms with van der Waals surface area (Å²) in [5.74, 6) is 0. The fourth-order valence-electron chi connectivity index (χ4n) is 2.34. The summed E-state index contributed by atoms with van der Waals surface area (Å²) in [6, 6.07) is 6.93. The lowest BCUT2D eigenvalue weighted by molar-refractivity contribution is 0.682. The molecule has 90 valence electrons. The van der Waals surface area contributed by atoms with Gasteiger partial charge < -0.3 is 9.88 Å². The number of hydrogen-bond donors (Lipinski definition) is 1. The zero-order valence-corrected chi connectivity index (χ0v) is 10.8. The van der Waals surface area contributed by atoms with E-state index in [1.165, 1.54) is 29.3 Å². The lowest BCUT2D eigenvalue weighted by Crippen LogP contribution is -2.19. The predicted molar refractivity (Wildman–Crippen MR) is 72.7 cm³/mol. The number of aryl methyl sites for hydroxylation is 1. The lowest BCUT2D eigenvalue weighted by atomic mass is 10.1. The van der Waals surface area contributed by atoms with Gasteiger partial charge in [-0.2, -0.15) is 0 Å². The summed E-state index contributed by atoms with van der Waals surface area (Å²) in [7, 11) is 2.08. The molecule has 0 saturated heterocycles. The Morgan fingerprint density at radius 2 is 2.24 bits per heavy atom. The number of benzene rings is 1. The molecule has 1 fully saturated rings. The number of aromatic nitrogens is 1. The van der Waals surface area contributed by atoms with E-state index in [-0.39, 0.29) is 0 Å². The third-order valence-corrected chi connectivity index (χ3v) is 3.68. The molecule has 1 aliphatic rings. The van der Waals surface area contributed by atoms with Crippen molar-refractivity contribution in [3.05, 3.63) is 35.0 Å². The summed E-state index contributed by atoms with van der Waals surface area (Å²) in [6.45, 7) is 1.08. The predicted octanol–water partition coefficient (Wildman–Crippen LogP) is 3.13. The first-order valence-corrected chi connectivity index (χ1v) is 6.58. The van der Waals surface area contributed by atoms with Gasteiger partial charge in [-0.3, -0.25) is 0 Å². The largest absolute Gasteiger partial charge is 0.350 e. The van der Waals surface area contributed by atoms with Crippen molar-refractivity contribution in [2.24, 2.45) is 7.05 Å². The Balaban J connectivity index is 1.82. The van der Waals surface area contributed by atoms with Crippen LogP contribution in [0.4, 0.5) is 0 Å². The standard InChI is InChI=1S/C14H17ClN2/c1-17-9-10(6-7-16-12-3-4-12)13-5-2-11(15)8-14(13)17/h2,5,8-9,12,16H,3-4,6-7H2,1H3.